The number of rotatable bonds is 3. The third kappa shape index (κ3) is 2.94. The lowest BCUT2D eigenvalue weighted by Crippen LogP contribution is -2.33. The highest BCUT2D eigenvalue weighted by molar-refractivity contribution is 5.63. The first-order chi connectivity index (χ1) is 9.81. The van der Waals surface area contributed by atoms with Crippen molar-refractivity contribution in [1.82, 2.24) is 0 Å². The number of hydrogen-bond donors (Lipinski definition) is 0. The molecule has 0 aliphatic heterocycles. The monoisotopic (exact) mass is 260 g/mol. The highest BCUT2D eigenvalue weighted by Crippen LogP contribution is 2.19. The average molecular weight is 260 g/mol. The summed E-state index contributed by atoms with van der Waals surface area (Å²) in [4.78, 5) is 0. The van der Waals surface area contributed by atoms with Gasteiger partial charge < -0.3 is 0 Å². The van der Waals surface area contributed by atoms with Gasteiger partial charge in [-0.2, -0.15) is 0 Å². The first kappa shape index (κ1) is 12.6. The van der Waals surface area contributed by atoms with Gasteiger partial charge in [-0.05, 0) is 23.6 Å². The summed E-state index contributed by atoms with van der Waals surface area (Å²) in [6.45, 7) is 3.02. The van der Waals surface area contributed by atoms with Crippen molar-refractivity contribution in [3.63, 3.8) is 0 Å². The second-order valence-electron chi connectivity index (χ2n) is 5.11. The number of aromatic nitrogens is 1. The van der Waals surface area contributed by atoms with Gasteiger partial charge in [0.05, 0.1) is 0 Å². The predicted octanol–water partition coefficient (Wildman–Crippen LogP) is 4.00. The van der Waals surface area contributed by atoms with E-state index in [-0.39, 0.29) is 0 Å². The van der Waals surface area contributed by atoms with Crippen LogP contribution in [0.15, 0.2) is 79.1 Å². The molecule has 0 saturated heterocycles. The largest absolute Gasteiger partial charge is 0.201 e. The quantitative estimate of drug-likeness (QED) is 0.627. The Bertz CT molecular complexity index is 667. The molecule has 98 valence electrons. The second kappa shape index (κ2) is 5.70. The number of aryl methyl sites for hydroxylation is 1. The van der Waals surface area contributed by atoms with Crippen molar-refractivity contribution in [2.75, 3.05) is 0 Å². The first-order valence-corrected chi connectivity index (χ1v) is 6.91. The molecule has 1 aromatic heterocycles. The number of nitrogens with zero attached hydrogens (tertiary/aromatic N) is 1. The van der Waals surface area contributed by atoms with Crippen LogP contribution in [0.5, 0.6) is 0 Å². The van der Waals surface area contributed by atoms with Gasteiger partial charge in [-0.25, -0.2) is 4.57 Å². The van der Waals surface area contributed by atoms with Crippen LogP contribution in [0.1, 0.15) is 11.1 Å². The van der Waals surface area contributed by atoms with Crippen molar-refractivity contribution in [1.29, 1.82) is 0 Å². The van der Waals surface area contributed by atoms with Gasteiger partial charge in [0, 0.05) is 17.7 Å². The maximum absolute atomic E-state index is 2.20. The molecule has 3 rings (SSSR count). The molecular weight excluding hydrogens is 242 g/mol. The zero-order valence-corrected chi connectivity index (χ0v) is 11.7. The molecule has 0 radical (unpaired) electrons. The van der Waals surface area contributed by atoms with Gasteiger partial charge in [0.1, 0.15) is 0 Å². The SMILES string of the molecule is Cc1cc[n+](Cc2ccc(-c3ccccc3)cc2)cc1. The fraction of sp³-hybridized carbons (Fsp3) is 0.105. The average Bonchev–Trinajstić information content (AvgIpc) is 2.51. The van der Waals surface area contributed by atoms with Crippen molar-refractivity contribution in [3.05, 3.63) is 90.3 Å². The van der Waals surface area contributed by atoms with Gasteiger partial charge in [-0.1, -0.05) is 54.6 Å². The van der Waals surface area contributed by atoms with E-state index in [1.165, 1.54) is 22.3 Å². The molecule has 0 aliphatic carbocycles. The minimum Gasteiger partial charge on any atom is -0.201 e. The van der Waals surface area contributed by atoms with E-state index >= 15 is 0 Å². The van der Waals surface area contributed by atoms with Crippen LogP contribution < -0.4 is 4.57 Å². The summed E-state index contributed by atoms with van der Waals surface area (Å²) in [5.74, 6) is 0. The van der Waals surface area contributed by atoms with Crippen molar-refractivity contribution in [3.8, 4) is 11.1 Å². The lowest BCUT2D eigenvalue weighted by molar-refractivity contribution is -0.688. The second-order valence-corrected chi connectivity index (χ2v) is 5.11. The molecule has 2 aromatic carbocycles. The van der Waals surface area contributed by atoms with Gasteiger partial charge in [-0.15, -0.1) is 0 Å². The van der Waals surface area contributed by atoms with E-state index in [2.05, 4.69) is 84.5 Å². The minimum atomic E-state index is 0.912. The zero-order valence-electron chi connectivity index (χ0n) is 11.7. The van der Waals surface area contributed by atoms with E-state index in [1.54, 1.807) is 0 Å². The lowest BCUT2D eigenvalue weighted by atomic mass is 10.0. The Labute approximate surface area is 120 Å². The summed E-state index contributed by atoms with van der Waals surface area (Å²) < 4.78 is 2.20. The molecule has 0 amide bonds. The van der Waals surface area contributed by atoms with Crippen LogP contribution in [0.3, 0.4) is 0 Å². The van der Waals surface area contributed by atoms with Gasteiger partial charge in [0.25, 0.3) is 0 Å². The third-order valence-electron chi connectivity index (χ3n) is 3.48. The maximum atomic E-state index is 2.20. The molecule has 3 aromatic rings. The molecule has 0 fully saturated rings. The fourth-order valence-corrected chi connectivity index (χ4v) is 2.28. The summed E-state index contributed by atoms with van der Waals surface area (Å²) in [7, 11) is 0. The summed E-state index contributed by atoms with van der Waals surface area (Å²) in [6.07, 6.45) is 4.25. The van der Waals surface area contributed by atoms with Crippen molar-refractivity contribution in [2.45, 2.75) is 13.5 Å². The number of hydrogen-bond acceptors (Lipinski definition) is 0. The molecule has 0 aliphatic rings. The van der Waals surface area contributed by atoms with E-state index in [0.29, 0.717) is 0 Å². The van der Waals surface area contributed by atoms with Crippen molar-refractivity contribution < 1.29 is 4.57 Å². The molecule has 20 heavy (non-hydrogen) atoms. The molecule has 0 saturated carbocycles. The maximum Gasteiger partial charge on any atom is 0.173 e. The summed E-state index contributed by atoms with van der Waals surface area (Å²) in [6, 6.07) is 23.6. The highest BCUT2D eigenvalue weighted by atomic mass is 14.9. The van der Waals surface area contributed by atoms with Gasteiger partial charge >= 0.3 is 0 Å². The Morgan fingerprint density at radius 2 is 1.30 bits per heavy atom. The van der Waals surface area contributed by atoms with Gasteiger partial charge in [0.15, 0.2) is 18.9 Å². The van der Waals surface area contributed by atoms with Crippen LogP contribution in [0.2, 0.25) is 0 Å². The zero-order chi connectivity index (χ0) is 13.8. The van der Waals surface area contributed by atoms with E-state index < -0.39 is 0 Å². The Hall–Kier alpha value is -2.41. The first-order valence-electron chi connectivity index (χ1n) is 6.91. The van der Waals surface area contributed by atoms with Crippen LogP contribution in [0.25, 0.3) is 11.1 Å². The van der Waals surface area contributed by atoms with Crippen LogP contribution >= 0.6 is 0 Å². The summed E-state index contributed by atoms with van der Waals surface area (Å²) in [5.41, 5.74) is 5.14. The van der Waals surface area contributed by atoms with E-state index in [9.17, 15) is 0 Å². The molecule has 0 atom stereocenters. The Morgan fingerprint density at radius 3 is 1.95 bits per heavy atom. The Balaban J connectivity index is 1.78. The topological polar surface area (TPSA) is 3.88 Å². The van der Waals surface area contributed by atoms with Gasteiger partial charge in [-0.3, -0.25) is 0 Å². The lowest BCUT2D eigenvalue weighted by Gasteiger charge is -2.03. The predicted molar refractivity (Wildman–Crippen MR) is 82.4 cm³/mol. The molecule has 1 heteroatoms. The third-order valence-corrected chi connectivity index (χ3v) is 3.48. The number of benzene rings is 2. The van der Waals surface area contributed by atoms with Crippen LogP contribution in [0, 0.1) is 6.92 Å². The number of pyridine rings is 1. The van der Waals surface area contributed by atoms with Gasteiger partial charge in [0.2, 0.25) is 0 Å². The highest BCUT2D eigenvalue weighted by Gasteiger charge is 2.03. The molecule has 1 heterocycles. The van der Waals surface area contributed by atoms with Crippen molar-refractivity contribution >= 4 is 0 Å². The molecular formula is C19H18N+. The van der Waals surface area contributed by atoms with Crippen molar-refractivity contribution in [2.24, 2.45) is 0 Å². The Morgan fingerprint density at radius 1 is 0.700 bits per heavy atom. The smallest absolute Gasteiger partial charge is 0.173 e. The molecule has 0 unspecified atom stereocenters. The summed E-state index contributed by atoms with van der Waals surface area (Å²) >= 11 is 0. The van der Waals surface area contributed by atoms with Crippen LogP contribution in [-0.2, 0) is 6.54 Å². The van der Waals surface area contributed by atoms with E-state index in [0.717, 1.165) is 6.54 Å². The standard InChI is InChI=1S/C19H18N/c1-16-11-13-20(14-12-16)15-17-7-9-19(10-8-17)18-5-3-2-4-6-18/h2-14H,15H2,1H3/q+1. The van der Waals surface area contributed by atoms with E-state index in [4.69, 9.17) is 0 Å². The van der Waals surface area contributed by atoms with Crippen LogP contribution in [0.4, 0.5) is 0 Å². The normalized spacial score (nSPS) is 10.4. The van der Waals surface area contributed by atoms with Crippen LogP contribution in [-0.4, -0.2) is 0 Å². The summed E-state index contributed by atoms with van der Waals surface area (Å²) in [5, 5.41) is 0. The molecule has 0 N–H and O–H groups in total. The molecule has 0 spiro atoms. The minimum absolute atomic E-state index is 0.912. The molecule has 1 nitrogen and oxygen atoms in total. The Kier molecular flexibility index (Phi) is 3.60. The molecule has 0 bridgehead atoms. The van der Waals surface area contributed by atoms with E-state index in [1.807, 2.05) is 6.07 Å². The fourth-order valence-electron chi connectivity index (χ4n) is 2.28.